The molecule has 1 aliphatic rings. The topological polar surface area (TPSA) is 80.2 Å². The highest BCUT2D eigenvalue weighted by molar-refractivity contribution is 5.88. The number of anilines is 1. The van der Waals surface area contributed by atoms with E-state index in [2.05, 4.69) is 26.6 Å². The molecule has 1 saturated heterocycles. The number of benzene rings is 1. The second-order valence-electron chi connectivity index (χ2n) is 6.67. The van der Waals surface area contributed by atoms with Gasteiger partial charge in [0.25, 0.3) is 0 Å². The van der Waals surface area contributed by atoms with E-state index in [4.69, 9.17) is 4.74 Å². The van der Waals surface area contributed by atoms with Gasteiger partial charge in [0, 0.05) is 31.5 Å². The molecule has 0 bridgehead atoms. The number of hydrogen-bond acceptors (Lipinski definition) is 5. The van der Waals surface area contributed by atoms with Crippen LogP contribution in [0.5, 0.6) is 11.6 Å². The summed E-state index contributed by atoms with van der Waals surface area (Å²) in [6.45, 7) is 1.34. The molecule has 0 radical (unpaired) electrons. The van der Waals surface area contributed by atoms with Gasteiger partial charge < -0.3 is 9.64 Å². The fourth-order valence-corrected chi connectivity index (χ4v) is 3.13. The third-order valence-electron chi connectivity index (χ3n) is 4.59. The molecule has 7 heteroatoms. The zero-order chi connectivity index (χ0) is 19.9. The molecule has 1 N–H and O–H groups in total. The number of pyridine rings is 1. The van der Waals surface area contributed by atoms with Crippen LogP contribution in [0.4, 0.5) is 10.6 Å². The Morgan fingerprint density at radius 3 is 2.69 bits per heavy atom. The van der Waals surface area contributed by atoms with Crippen molar-refractivity contribution in [3.63, 3.8) is 0 Å². The van der Waals surface area contributed by atoms with E-state index in [9.17, 15) is 4.79 Å². The fraction of sp³-hybridized carbons (Fsp3) is 0.182. The number of amides is 2. The van der Waals surface area contributed by atoms with Crippen LogP contribution >= 0.6 is 0 Å². The molecule has 146 valence electrons. The highest BCUT2D eigenvalue weighted by Gasteiger charge is 2.19. The third kappa shape index (κ3) is 5.16. The number of ether oxygens (including phenoxy) is 1. The van der Waals surface area contributed by atoms with E-state index in [0.29, 0.717) is 24.8 Å². The molecule has 4 rings (SSSR count). The van der Waals surface area contributed by atoms with Crippen molar-refractivity contribution in [1.82, 2.24) is 20.1 Å². The van der Waals surface area contributed by atoms with Gasteiger partial charge in [-0.3, -0.25) is 5.32 Å². The van der Waals surface area contributed by atoms with Crippen molar-refractivity contribution in [3.05, 3.63) is 78.1 Å². The van der Waals surface area contributed by atoms with Crippen molar-refractivity contribution in [1.29, 1.82) is 0 Å². The predicted molar refractivity (Wildman–Crippen MR) is 111 cm³/mol. The van der Waals surface area contributed by atoms with Crippen molar-refractivity contribution in [2.45, 2.75) is 12.8 Å². The Hall–Kier alpha value is -3.74. The summed E-state index contributed by atoms with van der Waals surface area (Å²) in [4.78, 5) is 18.3. The van der Waals surface area contributed by atoms with Crippen molar-refractivity contribution in [2.24, 2.45) is 0 Å². The summed E-state index contributed by atoms with van der Waals surface area (Å²) in [6, 6.07) is 16.8. The number of urea groups is 1. The van der Waals surface area contributed by atoms with Gasteiger partial charge in [-0.05, 0) is 48.7 Å². The van der Waals surface area contributed by atoms with Gasteiger partial charge >= 0.3 is 6.03 Å². The van der Waals surface area contributed by atoms with Gasteiger partial charge in [-0.25, -0.2) is 9.78 Å². The maximum atomic E-state index is 12.4. The molecule has 2 amide bonds. The van der Waals surface area contributed by atoms with Crippen molar-refractivity contribution < 1.29 is 9.53 Å². The van der Waals surface area contributed by atoms with Crippen LogP contribution in [0.2, 0.25) is 0 Å². The smallest absolute Gasteiger partial charge is 0.323 e. The monoisotopic (exact) mass is 387 g/mol. The Morgan fingerprint density at radius 1 is 1.03 bits per heavy atom. The Bertz CT molecular complexity index is 982. The van der Waals surface area contributed by atoms with Crippen molar-refractivity contribution >= 4 is 17.9 Å². The lowest BCUT2D eigenvalue weighted by Crippen LogP contribution is -2.39. The van der Waals surface area contributed by atoms with E-state index in [1.54, 1.807) is 29.4 Å². The molecule has 0 saturated carbocycles. The molecule has 0 spiro atoms. The molecule has 1 fully saturated rings. The summed E-state index contributed by atoms with van der Waals surface area (Å²) < 4.78 is 5.80. The predicted octanol–water partition coefficient (Wildman–Crippen LogP) is 4.38. The van der Waals surface area contributed by atoms with Gasteiger partial charge in [-0.15, -0.1) is 5.10 Å². The molecule has 0 atom stereocenters. The van der Waals surface area contributed by atoms with E-state index in [1.807, 2.05) is 42.5 Å². The van der Waals surface area contributed by atoms with Gasteiger partial charge in [-0.1, -0.05) is 29.8 Å². The molecule has 3 heterocycles. The summed E-state index contributed by atoms with van der Waals surface area (Å²) in [7, 11) is 0. The molecule has 7 nitrogen and oxygen atoms in total. The average Bonchev–Trinajstić information content (AvgIpc) is 2.76. The SMILES string of the molecule is O=C(Nc1cccnn1)N1CCC(=Cc2cccc(Oc3ccccn3)c2)CC1. The maximum Gasteiger partial charge on any atom is 0.323 e. The highest BCUT2D eigenvalue weighted by atomic mass is 16.5. The number of hydrogen-bond donors (Lipinski definition) is 1. The Morgan fingerprint density at radius 2 is 1.93 bits per heavy atom. The number of carbonyl (C=O) groups excluding carboxylic acids is 1. The average molecular weight is 387 g/mol. The zero-order valence-electron chi connectivity index (χ0n) is 15.9. The van der Waals surface area contributed by atoms with Crippen LogP contribution in [0, 0.1) is 0 Å². The summed E-state index contributed by atoms with van der Waals surface area (Å²) in [5, 5.41) is 10.4. The first-order valence-electron chi connectivity index (χ1n) is 9.48. The van der Waals surface area contributed by atoms with E-state index in [0.717, 1.165) is 24.2 Å². The lowest BCUT2D eigenvalue weighted by molar-refractivity contribution is 0.207. The Balaban J connectivity index is 1.35. The minimum absolute atomic E-state index is 0.143. The number of rotatable bonds is 4. The quantitative estimate of drug-likeness (QED) is 0.719. The first-order chi connectivity index (χ1) is 14.3. The van der Waals surface area contributed by atoms with Crippen molar-refractivity contribution in [3.8, 4) is 11.6 Å². The highest BCUT2D eigenvalue weighted by Crippen LogP contribution is 2.24. The Kier molecular flexibility index (Phi) is 5.76. The van der Waals surface area contributed by atoms with Gasteiger partial charge in [0.1, 0.15) is 5.75 Å². The summed E-state index contributed by atoms with van der Waals surface area (Å²) in [5.74, 6) is 1.78. The van der Waals surface area contributed by atoms with Crippen molar-refractivity contribution in [2.75, 3.05) is 18.4 Å². The van der Waals surface area contributed by atoms with E-state index in [-0.39, 0.29) is 6.03 Å². The molecule has 0 aliphatic carbocycles. The van der Waals surface area contributed by atoms with Crippen LogP contribution in [-0.4, -0.2) is 39.2 Å². The largest absolute Gasteiger partial charge is 0.439 e. The second-order valence-corrected chi connectivity index (χ2v) is 6.67. The number of nitrogens with one attached hydrogen (secondary N) is 1. The third-order valence-corrected chi connectivity index (χ3v) is 4.59. The number of carbonyl (C=O) groups is 1. The van der Waals surface area contributed by atoms with Gasteiger partial charge in [0.05, 0.1) is 0 Å². The van der Waals surface area contributed by atoms with Gasteiger partial charge in [0.2, 0.25) is 5.88 Å². The molecule has 1 aromatic carbocycles. The van der Waals surface area contributed by atoms with Crippen LogP contribution in [-0.2, 0) is 0 Å². The summed E-state index contributed by atoms with van der Waals surface area (Å²) in [6.07, 6.45) is 7.11. The number of piperidine rings is 1. The maximum absolute atomic E-state index is 12.4. The molecule has 3 aromatic rings. The molecule has 0 unspecified atom stereocenters. The lowest BCUT2D eigenvalue weighted by atomic mass is 10.0. The van der Waals surface area contributed by atoms with Crippen LogP contribution in [0.1, 0.15) is 18.4 Å². The van der Waals surface area contributed by atoms with E-state index >= 15 is 0 Å². The standard InChI is InChI=1S/C22H21N5O2/c28-22(25-20-7-4-12-24-26-20)27-13-9-17(10-14-27)15-18-5-3-6-19(16-18)29-21-8-1-2-11-23-21/h1-8,11-12,15-16H,9-10,13-14H2,(H,25,26,28). The molecular formula is C22H21N5O2. The van der Waals surface area contributed by atoms with Crippen LogP contribution in [0.25, 0.3) is 6.08 Å². The van der Waals surface area contributed by atoms with E-state index in [1.165, 1.54) is 5.57 Å². The van der Waals surface area contributed by atoms with E-state index < -0.39 is 0 Å². The molecule has 2 aromatic heterocycles. The normalized spacial score (nSPS) is 13.7. The van der Waals surface area contributed by atoms with Crippen LogP contribution in [0.15, 0.2) is 72.6 Å². The molecule has 1 aliphatic heterocycles. The lowest BCUT2D eigenvalue weighted by Gasteiger charge is -2.28. The number of nitrogens with zero attached hydrogens (tertiary/aromatic N) is 4. The zero-order valence-corrected chi connectivity index (χ0v) is 15.9. The fourth-order valence-electron chi connectivity index (χ4n) is 3.13. The van der Waals surface area contributed by atoms with Gasteiger partial charge in [0.15, 0.2) is 5.82 Å². The minimum Gasteiger partial charge on any atom is -0.439 e. The number of likely N-dealkylation sites (tertiary alicyclic amines) is 1. The van der Waals surface area contributed by atoms with Crippen LogP contribution < -0.4 is 10.1 Å². The Labute approximate surface area is 169 Å². The minimum atomic E-state index is -0.143. The number of aromatic nitrogens is 3. The molecular weight excluding hydrogens is 366 g/mol. The van der Waals surface area contributed by atoms with Gasteiger partial charge in [-0.2, -0.15) is 5.10 Å². The van der Waals surface area contributed by atoms with Crippen LogP contribution in [0.3, 0.4) is 0 Å². The first-order valence-corrected chi connectivity index (χ1v) is 9.48. The molecule has 29 heavy (non-hydrogen) atoms. The summed E-state index contributed by atoms with van der Waals surface area (Å²) >= 11 is 0. The first kappa shape index (κ1) is 18.6. The summed E-state index contributed by atoms with van der Waals surface area (Å²) in [5.41, 5.74) is 2.38. The second kappa shape index (κ2) is 8.97.